The van der Waals surface area contributed by atoms with E-state index in [1.165, 1.54) is 0 Å². The molecule has 2 N–H and O–H groups in total. The molecule has 1 aromatic rings. The predicted octanol–water partition coefficient (Wildman–Crippen LogP) is 1.48. The maximum Gasteiger partial charge on any atom is 0.287 e. The van der Waals surface area contributed by atoms with Gasteiger partial charge in [-0.15, -0.1) is 0 Å². The lowest BCUT2D eigenvalue weighted by Gasteiger charge is -2.09. The van der Waals surface area contributed by atoms with Crippen LogP contribution in [0.5, 0.6) is 0 Å². The normalized spacial score (nSPS) is 12.5. The molecule has 4 heteroatoms. The van der Waals surface area contributed by atoms with Crippen LogP contribution in [0.25, 0.3) is 0 Å². The number of aryl methyl sites for hydroxylation is 1. The van der Waals surface area contributed by atoms with Crippen molar-refractivity contribution in [3.8, 4) is 0 Å². The molecular formula is C11H17NO3. The summed E-state index contributed by atoms with van der Waals surface area (Å²) in [4.78, 5) is 11.5. The number of hydrogen-bond acceptors (Lipinski definition) is 3. The largest absolute Gasteiger partial charge is 0.456 e. The summed E-state index contributed by atoms with van der Waals surface area (Å²) in [5.74, 6) is 0.712. The van der Waals surface area contributed by atoms with Gasteiger partial charge < -0.3 is 14.8 Å². The van der Waals surface area contributed by atoms with Crippen LogP contribution in [-0.4, -0.2) is 23.7 Å². The Morgan fingerprint density at radius 2 is 2.33 bits per heavy atom. The van der Waals surface area contributed by atoms with Crippen LogP contribution in [-0.2, 0) is 0 Å². The quantitative estimate of drug-likeness (QED) is 0.775. The zero-order chi connectivity index (χ0) is 11.3. The summed E-state index contributed by atoms with van der Waals surface area (Å²) >= 11 is 0. The van der Waals surface area contributed by atoms with Gasteiger partial charge in [0.25, 0.3) is 5.91 Å². The summed E-state index contributed by atoms with van der Waals surface area (Å²) in [6.07, 6.45) is 1.11. The van der Waals surface area contributed by atoms with E-state index in [0.29, 0.717) is 12.2 Å². The van der Waals surface area contributed by atoms with Gasteiger partial charge >= 0.3 is 0 Å². The summed E-state index contributed by atoms with van der Waals surface area (Å²) in [7, 11) is 0. The maximum atomic E-state index is 11.5. The van der Waals surface area contributed by atoms with Gasteiger partial charge in [0.2, 0.25) is 0 Å². The number of furan rings is 1. The Hall–Kier alpha value is -1.29. The molecule has 1 rings (SSSR count). The lowest BCUT2D eigenvalue weighted by atomic mass is 10.2. The van der Waals surface area contributed by atoms with Gasteiger partial charge in [-0.2, -0.15) is 0 Å². The van der Waals surface area contributed by atoms with Crippen LogP contribution in [0.4, 0.5) is 0 Å². The van der Waals surface area contributed by atoms with Crippen molar-refractivity contribution in [1.82, 2.24) is 5.32 Å². The number of carbonyl (C=O) groups is 1. The van der Waals surface area contributed by atoms with Crippen LogP contribution in [0.1, 0.15) is 36.1 Å². The first-order valence-corrected chi connectivity index (χ1v) is 5.16. The second-order valence-electron chi connectivity index (χ2n) is 3.56. The zero-order valence-electron chi connectivity index (χ0n) is 9.12. The van der Waals surface area contributed by atoms with Gasteiger partial charge in [-0.05, 0) is 25.5 Å². The van der Waals surface area contributed by atoms with E-state index in [9.17, 15) is 9.90 Å². The molecule has 0 radical (unpaired) electrons. The van der Waals surface area contributed by atoms with Gasteiger partial charge in [-0.3, -0.25) is 4.79 Å². The standard InChI is InChI=1S/C11H17NO3/c1-3-4-9(13)7-12-11(14)10-6-5-8(2)15-10/h5-6,9,13H,3-4,7H2,1-2H3,(H,12,14). The second kappa shape index (κ2) is 5.56. The molecule has 0 bridgehead atoms. The summed E-state index contributed by atoms with van der Waals surface area (Å²) in [6, 6.07) is 3.36. The van der Waals surface area contributed by atoms with Crippen molar-refractivity contribution in [2.45, 2.75) is 32.8 Å². The van der Waals surface area contributed by atoms with Crippen LogP contribution >= 0.6 is 0 Å². The van der Waals surface area contributed by atoms with E-state index in [4.69, 9.17) is 4.42 Å². The lowest BCUT2D eigenvalue weighted by Crippen LogP contribution is -2.31. The third-order valence-corrected chi connectivity index (χ3v) is 2.08. The summed E-state index contributed by atoms with van der Waals surface area (Å²) in [6.45, 7) is 4.04. The van der Waals surface area contributed by atoms with Gasteiger partial charge in [0.15, 0.2) is 5.76 Å². The zero-order valence-corrected chi connectivity index (χ0v) is 9.12. The first-order chi connectivity index (χ1) is 7.13. The molecule has 1 heterocycles. The van der Waals surface area contributed by atoms with E-state index < -0.39 is 6.10 Å². The highest BCUT2D eigenvalue weighted by atomic mass is 16.3. The van der Waals surface area contributed by atoms with Crippen molar-refractivity contribution >= 4 is 5.91 Å². The summed E-state index contributed by atoms with van der Waals surface area (Å²) < 4.78 is 5.14. The van der Waals surface area contributed by atoms with E-state index in [1.807, 2.05) is 6.92 Å². The van der Waals surface area contributed by atoms with Crippen LogP contribution in [0, 0.1) is 6.92 Å². The number of aliphatic hydroxyl groups is 1. The molecule has 0 aliphatic rings. The summed E-state index contributed by atoms with van der Waals surface area (Å²) in [5, 5.41) is 12.0. The number of carbonyl (C=O) groups excluding carboxylic acids is 1. The molecule has 1 atom stereocenters. The predicted molar refractivity (Wildman–Crippen MR) is 56.7 cm³/mol. The number of hydrogen-bond donors (Lipinski definition) is 2. The lowest BCUT2D eigenvalue weighted by molar-refractivity contribution is 0.0882. The monoisotopic (exact) mass is 211 g/mol. The van der Waals surface area contributed by atoms with E-state index in [1.54, 1.807) is 19.1 Å². The van der Waals surface area contributed by atoms with Gasteiger partial charge in [-0.1, -0.05) is 13.3 Å². The smallest absolute Gasteiger partial charge is 0.287 e. The fourth-order valence-corrected chi connectivity index (χ4v) is 1.29. The van der Waals surface area contributed by atoms with Crippen molar-refractivity contribution < 1.29 is 14.3 Å². The van der Waals surface area contributed by atoms with Gasteiger partial charge in [0.05, 0.1) is 6.10 Å². The Labute approximate surface area is 89.3 Å². The SMILES string of the molecule is CCCC(O)CNC(=O)c1ccc(C)o1. The maximum absolute atomic E-state index is 11.5. The molecule has 1 unspecified atom stereocenters. The van der Waals surface area contributed by atoms with E-state index in [0.717, 1.165) is 6.42 Å². The summed E-state index contributed by atoms with van der Waals surface area (Å²) in [5.41, 5.74) is 0. The molecule has 1 amide bonds. The Balaban J connectivity index is 2.36. The topological polar surface area (TPSA) is 62.5 Å². The molecule has 0 saturated carbocycles. The molecule has 84 valence electrons. The van der Waals surface area contributed by atoms with Crippen molar-refractivity contribution in [2.24, 2.45) is 0 Å². The number of aliphatic hydroxyl groups excluding tert-OH is 1. The highest BCUT2D eigenvalue weighted by Crippen LogP contribution is 2.05. The van der Waals surface area contributed by atoms with Crippen molar-refractivity contribution in [1.29, 1.82) is 0 Å². The molecule has 0 saturated heterocycles. The van der Waals surface area contributed by atoms with Crippen molar-refractivity contribution in [3.63, 3.8) is 0 Å². The second-order valence-corrected chi connectivity index (χ2v) is 3.56. The van der Waals surface area contributed by atoms with Crippen LogP contribution in [0.15, 0.2) is 16.5 Å². The van der Waals surface area contributed by atoms with E-state index >= 15 is 0 Å². The fraction of sp³-hybridized carbons (Fsp3) is 0.545. The Bertz CT molecular complexity index is 319. The molecule has 0 spiro atoms. The van der Waals surface area contributed by atoms with Gasteiger partial charge in [-0.25, -0.2) is 0 Å². The molecule has 0 aliphatic heterocycles. The molecular weight excluding hydrogens is 194 g/mol. The minimum absolute atomic E-state index is 0.270. The molecule has 1 aromatic heterocycles. The Morgan fingerprint density at radius 3 is 2.87 bits per heavy atom. The first-order valence-electron chi connectivity index (χ1n) is 5.16. The van der Waals surface area contributed by atoms with Gasteiger partial charge in [0.1, 0.15) is 5.76 Å². The first kappa shape index (κ1) is 11.8. The fourth-order valence-electron chi connectivity index (χ4n) is 1.29. The van der Waals surface area contributed by atoms with E-state index in [-0.39, 0.29) is 18.2 Å². The Kier molecular flexibility index (Phi) is 4.37. The third kappa shape index (κ3) is 3.75. The van der Waals surface area contributed by atoms with Crippen LogP contribution in [0.2, 0.25) is 0 Å². The van der Waals surface area contributed by atoms with Gasteiger partial charge in [0, 0.05) is 6.54 Å². The molecule has 0 aliphatic carbocycles. The minimum Gasteiger partial charge on any atom is -0.456 e. The third-order valence-electron chi connectivity index (χ3n) is 2.08. The van der Waals surface area contributed by atoms with Crippen molar-refractivity contribution in [3.05, 3.63) is 23.7 Å². The van der Waals surface area contributed by atoms with Crippen molar-refractivity contribution in [2.75, 3.05) is 6.54 Å². The highest BCUT2D eigenvalue weighted by molar-refractivity contribution is 5.91. The Morgan fingerprint density at radius 1 is 1.60 bits per heavy atom. The number of amides is 1. The average Bonchev–Trinajstić information content (AvgIpc) is 2.62. The van der Waals surface area contributed by atoms with E-state index in [2.05, 4.69) is 5.32 Å². The molecule has 4 nitrogen and oxygen atoms in total. The molecule has 15 heavy (non-hydrogen) atoms. The number of rotatable bonds is 5. The average molecular weight is 211 g/mol. The highest BCUT2D eigenvalue weighted by Gasteiger charge is 2.11. The minimum atomic E-state index is -0.477. The molecule has 0 aromatic carbocycles. The van der Waals surface area contributed by atoms with Crippen LogP contribution in [0.3, 0.4) is 0 Å². The van der Waals surface area contributed by atoms with Crippen LogP contribution < -0.4 is 5.32 Å². The number of nitrogens with one attached hydrogen (secondary N) is 1. The molecule has 0 fully saturated rings.